The second-order valence-electron chi connectivity index (χ2n) is 6.50. The van der Waals surface area contributed by atoms with E-state index < -0.39 is 21.5 Å². The van der Waals surface area contributed by atoms with E-state index in [0.717, 1.165) is 11.1 Å². The highest BCUT2D eigenvalue weighted by atomic mass is 32.2. The molecule has 0 spiro atoms. The summed E-state index contributed by atoms with van der Waals surface area (Å²) in [6.45, 7) is 0.363. The molecule has 0 bridgehead atoms. The third-order valence-corrected chi connectivity index (χ3v) is 6.00. The molecular weight excluding hydrogens is 376 g/mol. The molecule has 0 unspecified atom stereocenters. The summed E-state index contributed by atoms with van der Waals surface area (Å²) in [7, 11) is -2.30. The van der Waals surface area contributed by atoms with Crippen LogP contribution in [0.15, 0.2) is 72.1 Å². The van der Waals surface area contributed by atoms with Crippen molar-refractivity contribution in [2.75, 3.05) is 12.3 Å². The molecule has 0 saturated carbocycles. The summed E-state index contributed by atoms with van der Waals surface area (Å²) in [6, 6.07) is 20.1. The van der Waals surface area contributed by atoms with Crippen molar-refractivity contribution in [3.63, 3.8) is 0 Å². The van der Waals surface area contributed by atoms with Gasteiger partial charge in [-0.2, -0.15) is 0 Å². The highest BCUT2D eigenvalue weighted by molar-refractivity contribution is 7.91. The topological polar surface area (TPSA) is 93.9 Å². The maximum atomic E-state index is 12.3. The number of nitrogens with zero attached hydrogens (tertiary/aromatic N) is 3. The summed E-state index contributed by atoms with van der Waals surface area (Å²) in [5.41, 5.74) is 2.30. The first kappa shape index (κ1) is 19.8. The van der Waals surface area contributed by atoms with Crippen molar-refractivity contribution in [1.29, 1.82) is 0 Å². The maximum absolute atomic E-state index is 12.3. The molecule has 3 aromatic rings. The van der Waals surface area contributed by atoms with Gasteiger partial charge >= 0.3 is 0 Å². The highest BCUT2D eigenvalue weighted by Crippen LogP contribution is 2.27. The van der Waals surface area contributed by atoms with E-state index in [-0.39, 0.29) is 11.1 Å². The van der Waals surface area contributed by atoms with E-state index in [4.69, 9.17) is 0 Å². The second-order valence-corrected chi connectivity index (χ2v) is 8.38. The average Bonchev–Trinajstić information content (AvgIpc) is 3.13. The molecule has 0 fully saturated rings. The van der Waals surface area contributed by atoms with Crippen LogP contribution in [0.1, 0.15) is 23.5 Å². The Labute approximate surface area is 164 Å². The van der Waals surface area contributed by atoms with Crippen molar-refractivity contribution in [2.45, 2.75) is 17.5 Å². The smallest absolute Gasteiger partial charge is 0.249 e. The Hall–Kier alpha value is -3.00. The Kier molecular flexibility index (Phi) is 6.20. The first-order valence-corrected chi connectivity index (χ1v) is 10.6. The zero-order valence-electron chi connectivity index (χ0n) is 15.5. The predicted molar refractivity (Wildman–Crippen MR) is 105 cm³/mol. The molecular formula is C20H22N4O3S. The minimum absolute atomic E-state index is 0.109. The Balaban J connectivity index is 1.63. The zero-order valence-corrected chi connectivity index (χ0v) is 16.3. The lowest BCUT2D eigenvalue weighted by atomic mass is 9.88. The molecule has 1 heterocycles. The maximum Gasteiger partial charge on any atom is 0.249 e. The van der Waals surface area contributed by atoms with E-state index in [1.807, 2.05) is 36.4 Å². The lowest BCUT2D eigenvalue weighted by molar-refractivity contribution is -0.118. The molecule has 1 N–H and O–H groups in total. The van der Waals surface area contributed by atoms with E-state index in [2.05, 4.69) is 39.8 Å². The number of nitrogens with one attached hydrogen (secondary N) is 1. The van der Waals surface area contributed by atoms with Crippen LogP contribution in [0.5, 0.6) is 0 Å². The lowest BCUT2D eigenvalue weighted by Crippen LogP contribution is -2.32. The molecule has 0 radical (unpaired) electrons. The highest BCUT2D eigenvalue weighted by Gasteiger charge is 2.24. The molecule has 28 heavy (non-hydrogen) atoms. The van der Waals surface area contributed by atoms with E-state index in [9.17, 15) is 13.2 Å². The quantitative estimate of drug-likeness (QED) is 0.626. The Morgan fingerprint density at radius 3 is 2.11 bits per heavy atom. The summed E-state index contributed by atoms with van der Waals surface area (Å²) < 4.78 is 25.8. The standard InChI is InChI=1S/C20H22N4O3S/c1-24-15-22-23-20(24)28(26,27)14-19(25)21-13-12-18(16-8-4-2-5-9-16)17-10-6-3-7-11-17/h2-11,15,18H,12-14H2,1H3,(H,21,25). The van der Waals surface area contributed by atoms with Crippen molar-refractivity contribution < 1.29 is 13.2 Å². The van der Waals surface area contributed by atoms with Crippen LogP contribution in [0.4, 0.5) is 0 Å². The van der Waals surface area contributed by atoms with Gasteiger partial charge in [-0.05, 0) is 17.5 Å². The van der Waals surface area contributed by atoms with E-state index in [0.29, 0.717) is 13.0 Å². The fraction of sp³-hybridized carbons (Fsp3) is 0.250. The van der Waals surface area contributed by atoms with Gasteiger partial charge in [0.1, 0.15) is 12.1 Å². The van der Waals surface area contributed by atoms with Gasteiger partial charge in [-0.1, -0.05) is 60.7 Å². The third kappa shape index (κ3) is 4.83. The second kappa shape index (κ2) is 8.79. The summed E-state index contributed by atoms with van der Waals surface area (Å²) in [5, 5.41) is 9.62. The monoisotopic (exact) mass is 398 g/mol. The molecule has 3 rings (SSSR count). The van der Waals surface area contributed by atoms with Gasteiger partial charge in [0.2, 0.25) is 20.9 Å². The van der Waals surface area contributed by atoms with Crippen LogP contribution in [0.25, 0.3) is 0 Å². The summed E-state index contributed by atoms with van der Waals surface area (Å²) in [6.07, 6.45) is 1.94. The number of carbonyl (C=O) groups is 1. The van der Waals surface area contributed by atoms with Crippen LogP contribution in [-0.2, 0) is 21.7 Å². The molecule has 146 valence electrons. The average molecular weight is 398 g/mol. The normalized spacial score (nSPS) is 11.5. The van der Waals surface area contributed by atoms with Crippen LogP contribution in [0.2, 0.25) is 0 Å². The van der Waals surface area contributed by atoms with Crippen molar-refractivity contribution >= 4 is 15.7 Å². The predicted octanol–water partition coefficient (Wildman–Crippen LogP) is 1.93. The van der Waals surface area contributed by atoms with Gasteiger partial charge in [0.15, 0.2) is 0 Å². The Bertz CT molecular complexity index is 978. The van der Waals surface area contributed by atoms with Gasteiger partial charge in [0, 0.05) is 19.5 Å². The number of benzene rings is 2. The van der Waals surface area contributed by atoms with Gasteiger partial charge in [-0.15, -0.1) is 10.2 Å². The largest absolute Gasteiger partial charge is 0.355 e. The Morgan fingerprint density at radius 2 is 1.61 bits per heavy atom. The fourth-order valence-corrected chi connectivity index (χ4v) is 4.33. The first-order valence-electron chi connectivity index (χ1n) is 8.91. The van der Waals surface area contributed by atoms with Crippen LogP contribution in [0.3, 0.4) is 0 Å². The van der Waals surface area contributed by atoms with Gasteiger partial charge in [0.05, 0.1) is 0 Å². The molecule has 8 heteroatoms. The molecule has 0 aliphatic heterocycles. The number of sulfone groups is 1. The molecule has 0 atom stereocenters. The van der Waals surface area contributed by atoms with Crippen LogP contribution in [0, 0.1) is 0 Å². The van der Waals surface area contributed by atoms with E-state index in [1.54, 1.807) is 0 Å². The number of aromatic nitrogens is 3. The summed E-state index contributed by atoms with van der Waals surface area (Å²) >= 11 is 0. The minimum Gasteiger partial charge on any atom is -0.355 e. The van der Waals surface area contributed by atoms with Crippen molar-refractivity contribution in [3.8, 4) is 0 Å². The molecule has 7 nitrogen and oxygen atoms in total. The molecule has 2 aromatic carbocycles. The van der Waals surface area contributed by atoms with Gasteiger partial charge in [0.25, 0.3) is 0 Å². The Morgan fingerprint density at radius 1 is 1.04 bits per heavy atom. The molecule has 0 aliphatic carbocycles. The van der Waals surface area contributed by atoms with Gasteiger partial charge in [-0.25, -0.2) is 8.42 Å². The SMILES string of the molecule is Cn1cnnc1S(=O)(=O)CC(=O)NCCC(c1ccccc1)c1ccccc1. The minimum atomic E-state index is -3.82. The van der Waals surface area contributed by atoms with Crippen molar-refractivity contribution in [2.24, 2.45) is 7.05 Å². The van der Waals surface area contributed by atoms with Crippen LogP contribution >= 0.6 is 0 Å². The number of hydrogen-bond acceptors (Lipinski definition) is 5. The number of rotatable bonds is 8. The molecule has 0 aliphatic rings. The summed E-state index contributed by atoms with van der Waals surface area (Å²) in [5.74, 6) is -1.10. The van der Waals surface area contributed by atoms with Crippen LogP contribution < -0.4 is 5.32 Å². The number of carbonyl (C=O) groups excluding carboxylic acids is 1. The number of hydrogen-bond donors (Lipinski definition) is 1. The fourth-order valence-electron chi connectivity index (χ4n) is 3.09. The van der Waals surface area contributed by atoms with E-state index >= 15 is 0 Å². The lowest BCUT2D eigenvalue weighted by Gasteiger charge is -2.18. The number of aryl methyl sites for hydroxylation is 1. The van der Waals surface area contributed by atoms with Gasteiger partial charge < -0.3 is 9.88 Å². The van der Waals surface area contributed by atoms with Crippen molar-refractivity contribution in [1.82, 2.24) is 20.1 Å². The molecule has 1 aromatic heterocycles. The van der Waals surface area contributed by atoms with E-state index in [1.165, 1.54) is 17.9 Å². The number of amides is 1. The molecule has 1 amide bonds. The van der Waals surface area contributed by atoms with Gasteiger partial charge in [-0.3, -0.25) is 4.79 Å². The first-order chi connectivity index (χ1) is 13.5. The van der Waals surface area contributed by atoms with Crippen LogP contribution in [-0.4, -0.2) is 41.4 Å². The zero-order chi connectivity index (χ0) is 20.0. The van der Waals surface area contributed by atoms with Crippen molar-refractivity contribution in [3.05, 3.63) is 78.1 Å². The summed E-state index contributed by atoms with van der Waals surface area (Å²) in [4.78, 5) is 12.2. The molecule has 0 saturated heterocycles. The third-order valence-electron chi connectivity index (χ3n) is 4.43.